The summed E-state index contributed by atoms with van der Waals surface area (Å²) in [5, 5.41) is 17.4. The molecule has 0 aliphatic heterocycles. The molecule has 0 N–H and O–H groups in total. The molecule has 0 atom stereocenters. The van der Waals surface area contributed by atoms with E-state index in [0.717, 1.165) is 39.0 Å². The van der Waals surface area contributed by atoms with Crippen LogP contribution >= 0.6 is 0 Å². The van der Waals surface area contributed by atoms with Crippen molar-refractivity contribution in [1.82, 2.24) is 4.57 Å². The quantitative estimate of drug-likeness (QED) is 0.167. The van der Waals surface area contributed by atoms with Crippen molar-refractivity contribution in [3.05, 3.63) is 200 Å². The SMILES string of the molecule is N#Cc1ccc(-n2c3ccccc3c3ccccc32)c(-c2cccc(-c3ccc(-c4c5ccccc5c(-c5ccccc5)c5ccccc45)cc3)c2)c1. The molecule has 0 amide bonds. The molecule has 10 rings (SSSR count). The van der Waals surface area contributed by atoms with Gasteiger partial charge in [-0.15, -0.1) is 0 Å². The third-order valence-electron chi connectivity index (χ3n) is 10.6. The third kappa shape index (κ3) is 5.02. The van der Waals surface area contributed by atoms with Gasteiger partial charge < -0.3 is 4.57 Å². The Kier molecular flexibility index (Phi) is 7.23. The van der Waals surface area contributed by atoms with Crippen LogP contribution in [0.2, 0.25) is 0 Å². The fourth-order valence-corrected chi connectivity index (χ4v) is 8.26. The fraction of sp³-hybridized carbons (Fsp3) is 0. The van der Waals surface area contributed by atoms with E-state index in [9.17, 15) is 5.26 Å². The number of aromatic nitrogens is 1. The van der Waals surface area contributed by atoms with Crippen LogP contribution in [0, 0.1) is 11.3 Å². The molecular weight excluding hydrogens is 641 g/mol. The number of hydrogen-bond acceptors (Lipinski definition) is 1. The summed E-state index contributed by atoms with van der Waals surface area (Å²) in [6.45, 7) is 0. The molecule has 0 unspecified atom stereocenters. The van der Waals surface area contributed by atoms with E-state index in [1.807, 2.05) is 12.1 Å². The lowest BCUT2D eigenvalue weighted by molar-refractivity contribution is 1.18. The minimum Gasteiger partial charge on any atom is -0.309 e. The molecule has 1 aromatic heterocycles. The molecule has 0 saturated carbocycles. The van der Waals surface area contributed by atoms with Gasteiger partial charge in [-0.2, -0.15) is 5.26 Å². The summed E-state index contributed by atoms with van der Waals surface area (Å²) in [6, 6.07) is 71.5. The van der Waals surface area contributed by atoms with Gasteiger partial charge in [-0.1, -0.05) is 158 Å². The van der Waals surface area contributed by atoms with Gasteiger partial charge in [0.1, 0.15) is 0 Å². The highest BCUT2D eigenvalue weighted by molar-refractivity contribution is 6.21. The van der Waals surface area contributed by atoms with Gasteiger partial charge in [0, 0.05) is 16.3 Å². The summed E-state index contributed by atoms with van der Waals surface area (Å²) >= 11 is 0. The maximum absolute atomic E-state index is 9.97. The van der Waals surface area contributed by atoms with Crippen LogP contribution in [0.3, 0.4) is 0 Å². The molecule has 0 saturated heterocycles. The first kappa shape index (κ1) is 30.6. The highest BCUT2D eigenvalue weighted by atomic mass is 15.0. The molecule has 2 heteroatoms. The highest BCUT2D eigenvalue weighted by Crippen LogP contribution is 2.44. The average molecular weight is 673 g/mol. The Balaban J connectivity index is 1.10. The molecule has 2 nitrogen and oxygen atoms in total. The standard InChI is InChI=1S/C51H32N2/c52-33-34-25-30-49(53-47-23-10-8-17-40(47)41-18-9-11-24-48(41)53)46(31-34)39-16-12-15-38(32-39)35-26-28-37(29-27-35)51-44-21-6-4-19-42(44)50(36-13-2-1-3-14-36)43-20-5-7-22-45(43)51/h1-32H. The Bertz CT molecular complexity index is 2940. The maximum Gasteiger partial charge on any atom is 0.0991 e. The summed E-state index contributed by atoms with van der Waals surface area (Å²) in [6.07, 6.45) is 0. The van der Waals surface area contributed by atoms with Crippen molar-refractivity contribution in [3.8, 4) is 56.3 Å². The Morgan fingerprint density at radius 3 is 1.36 bits per heavy atom. The summed E-state index contributed by atoms with van der Waals surface area (Å²) in [4.78, 5) is 0. The van der Waals surface area contributed by atoms with E-state index in [1.165, 1.54) is 54.6 Å². The number of fused-ring (bicyclic) bond motifs is 5. The molecule has 0 fully saturated rings. The molecule has 0 spiro atoms. The van der Waals surface area contributed by atoms with Crippen molar-refractivity contribution in [1.29, 1.82) is 5.26 Å². The van der Waals surface area contributed by atoms with Crippen LogP contribution in [0.5, 0.6) is 0 Å². The average Bonchev–Trinajstić information content (AvgIpc) is 3.57. The molecule has 246 valence electrons. The van der Waals surface area contributed by atoms with E-state index in [1.54, 1.807) is 0 Å². The molecule has 0 aliphatic rings. The Morgan fingerprint density at radius 1 is 0.340 bits per heavy atom. The van der Waals surface area contributed by atoms with Crippen LogP contribution < -0.4 is 0 Å². The van der Waals surface area contributed by atoms with Crippen LogP contribution in [-0.4, -0.2) is 4.57 Å². The highest BCUT2D eigenvalue weighted by Gasteiger charge is 2.18. The van der Waals surface area contributed by atoms with E-state index in [0.29, 0.717) is 5.56 Å². The number of nitriles is 1. The lowest BCUT2D eigenvalue weighted by atomic mass is 9.85. The van der Waals surface area contributed by atoms with Gasteiger partial charge in [0.05, 0.1) is 28.4 Å². The van der Waals surface area contributed by atoms with E-state index in [-0.39, 0.29) is 0 Å². The number of nitrogens with zero attached hydrogens (tertiary/aromatic N) is 2. The van der Waals surface area contributed by atoms with Crippen LogP contribution in [-0.2, 0) is 0 Å². The van der Waals surface area contributed by atoms with Gasteiger partial charge in [0.25, 0.3) is 0 Å². The van der Waals surface area contributed by atoms with Gasteiger partial charge in [0.15, 0.2) is 0 Å². The molecule has 10 aromatic rings. The number of benzene rings is 9. The predicted octanol–water partition coefficient (Wildman–Crippen LogP) is 13.6. The predicted molar refractivity (Wildman–Crippen MR) is 222 cm³/mol. The van der Waals surface area contributed by atoms with Crippen molar-refractivity contribution >= 4 is 43.4 Å². The van der Waals surface area contributed by atoms with E-state index in [2.05, 4.69) is 193 Å². The molecule has 53 heavy (non-hydrogen) atoms. The van der Waals surface area contributed by atoms with Crippen molar-refractivity contribution in [2.24, 2.45) is 0 Å². The number of rotatable bonds is 5. The zero-order valence-electron chi connectivity index (χ0n) is 28.9. The van der Waals surface area contributed by atoms with Crippen molar-refractivity contribution in [2.45, 2.75) is 0 Å². The normalized spacial score (nSPS) is 11.4. The summed E-state index contributed by atoms with van der Waals surface area (Å²) in [5.74, 6) is 0. The minimum absolute atomic E-state index is 0.636. The molecule has 0 aliphatic carbocycles. The first-order chi connectivity index (χ1) is 26.3. The number of para-hydroxylation sites is 2. The molecule has 9 aromatic carbocycles. The summed E-state index contributed by atoms with van der Waals surface area (Å²) in [7, 11) is 0. The Labute approximate surface area is 308 Å². The summed E-state index contributed by atoms with van der Waals surface area (Å²) < 4.78 is 2.33. The second-order valence-corrected chi connectivity index (χ2v) is 13.6. The largest absolute Gasteiger partial charge is 0.309 e. The zero-order valence-corrected chi connectivity index (χ0v) is 28.9. The van der Waals surface area contributed by atoms with Gasteiger partial charge in [0.2, 0.25) is 0 Å². The Hall–Kier alpha value is -7.21. The fourth-order valence-electron chi connectivity index (χ4n) is 8.26. The van der Waals surface area contributed by atoms with Crippen LogP contribution in [0.1, 0.15) is 5.56 Å². The van der Waals surface area contributed by atoms with E-state index < -0.39 is 0 Å². The maximum atomic E-state index is 9.97. The molecule has 0 bridgehead atoms. The van der Waals surface area contributed by atoms with Gasteiger partial charge in [-0.05, 0) is 96.9 Å². The van der Waals surface area contributed by atoms with Gasteiger partial charge in [-0.3, -0.25) is 0 Å². The van der Waals surface area contributed by atoms with Gasteiger partial charge in [-0.25, -0.2) is 0 Å². The smallest absolute Gasteiger partial charge is 0.0991 e. The van der Waals surface area contributed by atoms with Crippen molar-refractivity contribution in [2.75, 3.05) is 0 Å². The van der Waals surface area contributed by atoms with Crippen LogP contribution in [0.25, 0.3) is 93.5 Å². The molecule has 1 heterocycles. The van der Waals surface area contributed by atoms with Crippen LogP contribution in [0.15, 0.2) is 194 Å². The number of hydrogen-bond donors (Lipinski definition) is 0. The van der Waals surface area contributed by atoms with Crippen LogP contribution in [0.4, 0.5) is 0 Å². The second-order valence-electron chi connectivity index (χ2n) is 13.6. The monoisotopic (exact) mass is 672 g/mol. The summed E-state index contributed by atoms with van der Waals surface area (Å²) in [5.41, 5.74) is 13.2. The first-order valence-corrected chi connectivity index (χ1v) is 18.0. The molecular formula is C51H32N2. The zero-order chi connectivity index (χ0) is 35.3. The van der Waals surface area contributed by atoms with Gasteiger partial charge >= 0.3 is 0 Å². The van der Waals surface area contributed by atoms with Crippen molar-refractivity contribution in [3.63, 3.8) is 0 Å². The van der Waals surface area contributed by atoms with Crippen molar-refractivity contribution < 1.29 is 0 Å². The topological polar surface area (TPSA) is 28.7 Å². The lowest BCUT2D eigenvalue weighted by Crippen LogP contribution is -1.98. The van der Waals surface area contributed by atoms with E-state index in [4.69, 9.17) is 0 Å². The Morgan fingerprint density at radius 2 is 0.792 bits per heavy atom. The first-order valence-electron chi connectivity index (χ1n) is 18.0. The minimum atomic E-state index is 0.636. The third-order valence-corrected chi connectivity index (χ3v) is 10.6. The molecule has 0 radical (unpaired) electrons. The van der Waals surface area contributed by atoms with E-state index >= 15 is 0 Å². The lowest BCUT2D eigenvalue weighted by Gasteiger charge is -2.18. The second kappa shape index (κ2) is 12.5.